The van der Waals surface area contributed by atoms with Crippen LogP contribution >= 0.6 is 0 Å². The van der Waals surface area contributed by atoms with Crippen LogP contribution in [0.5, 0.6) is 0 Å². The summed E-state index contributed by atoms with van der Waals surface area (Å²) in [6, 6.07) is 14.6. The zero-order valence-electron chi connectivity index (χ0n) is 19.3. The average Bonchev–Trinajstić information content (AvgIpc) is 3.51. The van der Waals surface area contributed by atoms with Gasteiger partial charge in [0.2, 0.25) is 0 Å². The quantitative estimate of drug-likeness (QED) is 0.292. The minimum Gasteiger partial charge on any atom is -0.362 e. The first kappa shape index (κ1) is 22.9. The van der Waals surface area contributed by atoms with Crippen LogP contribution in [0.1, 0.15) is 45.6 Å². The third-order valence-corrected chi connectivity index (χ3v) is 5.92. The first-order chi connectivity index (χ1) is 17.6. The Bertz CT molecular complexity index is 1530. The summed E-state index contributed by atoms with van der Waals surface area (Å²) in [6.45, 7) is 0.326. The molecule has 0 aliphatic carbocycles. The number of fused-ring (bicyclic) bond motifs is 1. The fourth-order valence-corrected chi connectivity index (χ4v) is 4.10. The first-order valence-electron chi connectivity index (χ1n) is 11.5. The van der Waals surface area contributed by atoms with Crippen LogP contribution in [0.3, 0.4) is 0 Å². The minimum absolute atomic E-state index is 0.139. The number of rotatable bonds is 8. The van der Waals surface area contributed by atoms with Crippen molar-refractivity contribution in [3.05, 3.63) is 118 Å². The van der Waals surface area contributed by atoms with Crippen molar-refractivity contribution in [1.82, 2.24) is 19.7 Å². The molecular weight excluding hydrogens is 454 g/mol. The number of carbonyl (C=O) groups is 2. The normalized spacial score (nSPS) is 13.8. The van der Waals surface area contributed by atoms with E-state index in [1.807, 2.05) is 54.8 Å². The molecule has 1 aliphatic rings. The number of pyridine rings is 1. The first-order valence-corrected chi connectivity index (χ1v) is 11.5. The Labute approximate surface area is 207 Å². The van der Waals surface area contributed by atoms with Crippen molar-refractivity contribution in [1.29, 1.82) is 0 Å². The lowest BCUT2D eigenvalue weighted by molar-refractivity contribution is -0.110. The monoisotopic (exact) mass is 477 g/mol. The van der Waals surface area contributed by atoms with E-state index < -0.39 is 0 Å². The van der Waals surface area contributed by atoms with Crippen molar-refractivity contribution in [2.24, 2.45) is 0 Å². The number of hydrogen-bond donors (Lipinski definition) is 2. The standard InChI is InChI=1S/C28H23N5O3/c34-26(23-7-4-14-33(28(23)36)18-20-11-13-30-31-17-20)8-2-1-5-19-9-10-22-24(16-21-6-3-12-29-21)27(35)32-25(22)15-19/h1,3-7,9-17,29H,2,8,18H2,(H,32,35)/b5-1+,24-16-. The van der Waals surface area contributed by atoms with Gasteiger partial charge in [-0.1, -0.05) is 24.3 Å². The van der Waals surface area contributed by atoms with Gasteiger partial charge in [-0.3, -0.25) is 14.4 Å². The van der Waals surface area contributed by atoms with E-state index in [2.05, 4.69) is 20.5 Å². The third-order valence-electron chi connectivity index (χ3n) is 5.92. The van der Waals surface area contributed by atoms with Crippen LogP contribution in [0.25, 0.3) is 17.7 Å². The van der Waals surface area contributed by atoms with Crippen molar-refractivity contribution in [2.45, 2.75) is 19.4 Å². The lowest BCUT2D eigenvalue weighted by Gasteiger charge is -2.07. The maximum absolute atomic E-state index is 12.8. The van der Waals surface area contributed by atoms with Gasteiger partial charge < -0.3 is 14.9 Å². The number of amides is 1. The molecule has 0 atom stereocenters. The number of benzene rings is 1. The number of aromatic nitrogens is 4. The number of aromatic amines is 1. The van der Waals surface area contributed by atoms with Crippen LogP contribution in [-0.4, -0.2) is 31.4 Å². The summed E-state index contributed by atoms with van der Waals surface area (Å²) in [5.41, 5.74) is 4.68. The second-order valence-corrected chi connectivity index (χ2v) is 8.41. The summed E-state index contributed by atoms with van der Waals surface area (Å²) in [4.78, 5) is 41.0. The molecule has 0 saturated heterocycles. The molecule has 0 unspecified atom stereocenters. The van der Waals surface area contributed by atoms with Gasteiger partial charge in [-0.25, -0.2) is 0 Å². The molecule has 1 aliphatic heterocycles. The average molecular weight is 478 g/mol. The van der Waals surface area contributed by atoms with Crippen LogP contribution in [0.15, 0.2) is 84.2 Å². The van der Waals surface area contributed by atoms with E-state index in [1.165, 1.54) is 4.57 Å². The molecular formula is C28H23N5O3. The smallest absolute Gasteiger partial charge is 0.261 e. The number of hydrogen-bond acceptors (Lipinski definition) is 5. The molecule has 8 nitrogen and oxygen atoms in total. The van der Waals surface area contributed by atoms with Gasteiger partial charge in [0.15, 0.2) is 5.78 Å². The van der Waals surface area contributed by atoms with Gasteiger partial charge in [-0.15, -0.1) is 0 Å². The van der Waals surface area contributed by atoms with E-state index >= 15 is 0 Å². The largest absolute Gasteiger partial charge is 0.362 e. The predicted molar refractivity (Wildman–Crippen MR) is 138 cm³/mol. The molecule has 4 aromatic rings. The summed E-state index contributed by atoms with van der Waals surface area (Å²) in [5.74, 6) is -0.341. The molecule has 4 heterocycles. The van der Waals surface area contributed by atoms with Crippen LogP contribution in [0, 0.1) is 0 Å². The maximum atomic E-state index is 12.8. The highest BCUT2D eigenvalue weighted by molar-refractivity contribution is 6.34. The number of allylic oxidation sites excluding steroid dienone is 1. The Hall–Kier alpha value is -4.85. The second kappa shape index (κ2) is 10.2. The van der Waals surface area contributed by atoms with Gasteiger partial charge >= 0.3 is 0 Å². The van der Waals surface area contributed by atoms with E-state index in [0.29, 0.717) is 18.5 Å². The number of anilines is 1. The molecule has 178 valence electrons. The van der Waals surface area contributed by atoms with Gasteiger partial charge in [0, 0.05) is 42.0 Å². The topological polar surface area (TPSA) is 110 Å². The molecule has 0 bridgehead atoms. The van der Waals surface area contributed by atoms with Crippen molar-refractivity contribution >= 4 is 35.1 Å². The SMILES string of the molecule is O=C1Nc2cc(/C=C/CCC(=O)c3cccn(Cc4ccnnc4)c3=O)ccc2/C1=C/c1ccc[nH]1. The van der Waals surface area contributed by atoms with E-state index in [4.69, 9.17) is 0 Å². The van der Waals surface area contributed by atoms with E-state index in [1.54, 1.807) is 36.8 Å². The molecule has 2 N–H and O–H groups in total. The van der Waals surface area contributed by atoms with Gasteiger partial charge in [0.1, 0.15) is 0 Å². The Kier molecular flexibility index (Phi) is 6.48. The lowest BCUT2D eigenvalue weighted by atomic mass is 10.0. The highest BCUT2D eigenvalue weighted by Gasteiger charge is 2.24. The van der Waals surface area contributed by atoms with E-state index in [9.17, 15) is 14.4 Å². The molecule has 8 heteroatoms. The Morgan fingerprint density at radius 3 is 2.78 bits per heavy atom. The predicted octanol–water partition coefficient (Wildman–Crippen LogP) is 4.18. The number of nitrogens with zero attached hydrogens (tertiary/aromatic N) is 3. The molecule has 0 saturated carbocycles. The Balaban J connectivity index is 1.22. The molecule has 1 aromatic carbocycles. The number of carbonyl (C=O) groups excluding carboxylic acids is 2. The van der Waals surface area contributed by atoms with Crippen LogP contribution in [0.2, 0.25) is 0 Å². The summed E-state index contributed by atoms with van der Waals surface area (Å²) in [6.07, 6.45) is 13.0. The molecule has 0 spiro atoms. The Morgan fingerprint density at radius 2 is 1.97 bits per heavy atom. The summed E-state index contributed by atoms with van der Waals surface area (Å²) in [7, 11) is 0. The molecule has 3 aromatic heterocycles. The molecule has 1 amide bonds. The fraction of sp³-hybridized carbons (Fsp3) is 0.107. The van der Waals surface area contributed by atoms with Crippen molar-refractivity contribution in [3.8, 4) is 0 Å². The number of Topliss-reactive ketones (excluding diaryl/α,β-unsaturated/α-hetero) is 1. The van der Waals surface area contributed by atoms with Crippen LogP contribution < -0.4 is 10.9 Å². The molecule has 5 rings (SSSR count). The minimum atomic E-state index is -0.319. The number of nitrogens with one attached hydrogen (secondary N) is 2. The maximum Gasteiger partial charge on any atom is 0.261 e. The van der Waals surface area contributed by atoms with Crippen LogP contribution in [0.4, 0.5) is 5.69 Å². The lowest BCUT2D eigenvalue weighted by Crippen LogP contribution is -2.26. The van der Waals surface area contributed by atoms with E-state index in [-0.39, 0.29) is 29.2 Å². The molecule has 0 radical (unpaired) electrons. The second-order valence-electron chi connectivity index (χ2n) is 8.41. The van der Waals surface area contributed by atoms with Gasteiger partial charge in [0.25, 0.3) is 11.5 Å². The third kappa shape index (κ3) is 4.97. The number of H-pyrrole nitrogens is 1. The molecule has 36 heavy (non-hydrogen) atoms. The van der Waals surface area contributed by atoms with Crippen LogP contribution in [-0.2, 0) is 11.3 Å². The molecule has 0 fully saturated rings. The zero-order chi connectivity index (χ0) is 24.9. The highest BCUT2D eigenvalue weighted by atomic mass is 16.2. The highest BCUT2D eigenvalue weighted by Crippen LogP contribution is 2.34. The van der Waals surface area contributed by atoms with Gasteiger partial charge in [0.05, 0.1) is 23.9 Å². The van der Waals surface area contributed by atoms with Gasteiger partial charge in [-0.2, -0.15) is 10.2 Å². The Morgan fingerprint density at radius 1 is 1.06 bits per heavy atom. The van der Waals surface area contributed by atoms with E-state index in [0.717, 1.165) is 28.1 Å². The zero-order valence-corrected chi connectivity index (χ0v) is 19.3. The summed E-state index contributed by atoms with van der Waals surface area (Å²) >= 11 is 0. The summed E-state index contributed by atoms with van der Waals surface area (Å²) in [5, 5.41) is 10.5. The fourth-order valence-electron chi connectivity index (χ4n) is 4.10. The summed E-state index contributed by atoms with van der Waals surface area (Å²) < 4.78 is 1.50. The number of ketones is 1. The van der Waals surface area contributed by atoms with Gasteiger partial charge in [-0.05, 0) is 60.0 Å². The van der Waals surface area contributed by atoms with Crippen molar-refractivity contribution in [2.75, 3.05) is 5.32 Å². The van der Waals surface area contributed by atoms with Crippen molar-refractivity contribution in [3.63, 3.8) is 0 Å². The van der Waals surface area contributed by atoms with Crippen molar-refractivity contribution < 1.29 is 9.59 Å².